The second kappa shape index (κ2) is 5.87. The van der Waals surface area contributed by atoms with Crippen molar-refractivity contribution in [3.05, 3.63) is 29.6 Å². The highest BCUT2D eigenvalue weighted by atomic mass is 32.2. The smallest absolute Gasteiger partial charge is 0.322 e. The zero-order valence-electron chi connectivity index (χ0n) is 12.9. The van der Waals surface area contributed by atoms with Crippen LogP contribution < -0.4 is 0 Å². The van der Waals surface area contributed by atoms with E-state index in [2.05, 4.69) is 0 Å². The molecule has 1 aromatic rings. The first kappa shape index (κ1) is 16.4. The molecule has 3 atom stereocenters. The van der Waals surface area contributed by atoms with Crippen molar-refractivity contribution in [2.45, 2.75) is 56.0 Å². The predicted octanol–water partition coefficient (Wildman–Crippen LogP) is 2.54. The van der Waals surface area contributed by atoms with Crippen LogP contribution in [0.5, 0.6) is 0 Å². The Kier molecular flexibility index (Phi) is 4.18. The molecule has 2 aliphatic rings. The van der Waals surface area contributed by atoms with E-state index in [0.717, 1.165) is 29.6 Å². The van der Waals surface area contributed by atoms with Crippen molar-refractivity contribution >= 4 is 16.0 Å². The first-order valence-corrected chi connectivity index (χ1v) is 9.29. The van der Waals surface area contributed by atoms with E-state index in [9.17, 15) is 22.7 Å². The molecule has 23 heavy (non-hydrogen) atoms. The van der Waals surface area contributed by atoms with E-state index in [0.29, 0.717) is 18.4 Å². The second-order valence-corrected chi connectivity index (χ2v) is 8.20. The lowest BCUT2D eigenvalue weighted by molar-refractivity contribution is -0.141. The van der Waals surface area contributed by atoms with Gasteiger partial charge in [-0.15, -0.1) is 0 Å². The van der Waals surface area contributed by atoms with Crippen LogP contribution in [-0.4, -0.2) is 35.9 Å². The largest absolute Gasteiger partial charge is 0.480 e. The summed E-state index contributed by atoms with van der Waals surface area (Å²) in [5.74, 6) is -1.93. The minimum absolute atomic E-state index is 0.0479. The summed E-state index contributed by atoms with van der Waals surface area (Å²) in [5, 5.41) is 9.48. The first-order chi connectivity index (χ1) is 10.8. The summed E-state index contributed by atoms with van der Waals surface area (Å²) in [5.41, 5.74) is 0.299. The number of halogens is 1. The molecule has 2 fully saturated rings. The molecule has 1 aliphatic carbocycles. The van der Waals surface area contributed by atoms with Crippen molar-refractivity contribution < 1.29 is 22.7 Å². The Morgan fingerprint density at radius 1 is 1.30 bits per heavy atom. The number of nitrogens with zero attached hydrogens (tertiary/aromatic N) is 1. The third kappa shape index (κ3) is 2.65. The quantitative estimate of drug-likeness (QED) is 0.917. The summed E-state index contributed by atoms with van der Waals surface area (Å²) >= 11 is 0. The van der Waals surface area contributed by atoms with E-state index in [4.69, 9.17) is 0 Å². The molecule has 0 aromatic heterocycles. The maximum atomic E-state index is 14.2. The number of benzene rings is 1. The van der Waals surface area contributed by atoms with Crippen molar-refractivity contribution in [3.63, 3.8) is 0 Å². The lowest BCUT2D eigenvalue weighted by Gasteiger charge is -2.32. The Morgan fingerprint density at radius 3 is 2.65 bits per heavy atom. The third-order valence-corrected chi connectivity index (χ3v) is 7.13. The minimum atomic E-state index is -4.19. The fourth-order valence-electron chi connectivity index (χ4n) is 4.02. The van der Waals surface area contributed by atoms with Crippen LogP contribution in [0.15, 0.2) is 23.1 Å². The van der Waals surface area contributed by atoms with Gasteiger partial charge in [-0.25, -0.2) is 12.8 Å². The minimum Gasteiger partial charge on any atom is -0.480 e. The summed E-state index contributed by atoms with van der Waals surface area (Å²) in [6.45, 7) is 1.53. The molecule has 1 saturated carbocycles. The first-order valence-electron chi connectivity index (χ1n) is 7.85. The van der Waals surface area contributed by atoms with E-state index in [1.165, 1.54) is 19.1 Å². The van der Waals surface area contributed by atoms with Crippen molar-refractivity contribution in [3.8, 4) is 0 Å². The number of rotatable bonds is 3. The van der Waals surface area contributed by atoms with Crippen molar-refractivity contribution in [1.29, 1.82) is 0 Å². The number of aliphatic carboxylic acids is 1. The van der Waals surface area contributed by atoms with Gasteiger partial charge in [0.15, 0.2) is 0 Å². The number of sulfonamides is 1. The van der Waals surface area contributed by atoms with E-state index in [1.54, 1.807) is 0 Å². The average molecular weight is 341 g/mol. The Morgan fingerprint density at radius 2 is 2.00 bits per heavy atom. The number of hydrogen-bond donors (Lipinski definition) is 1. The fourth-order valence-corrected chi connectivity index (χ4v) is 6.17. The number of carboxylic acid groups (broad SMARTS) is 1. The lowest BCUT2D eigenvalue weighted by atomic mass is 9.85. The molecule has 1 saturated heterocycles. The summed E-state index contributed by atoms with van der Waals surface area (Å²) in [6, 6.07) is 2.64. The van der Waals surface area contributed by atoms with Gasteiger partial charge in [-0.2, -0.15) is 4.31 Å². The highest BCUT2D eigenvalue weighted by Gasteiger charge is 2.51. The molecule has 0 spiro atoms. The topological polar surface area (TPSA) is 74.7 Å². The lowest BCUT2D eigenvalue weighted by Crippen LogP contribution is -2.46. The van der Waals surface area contributed by atoms with Gasteiger partial charge in [0.1, 0.15) is 16.8 Å². The molecular weight excluding hydrogens is 321 g/mol. The normalized spacial score (nSPS) is 28.5. The second-order valence-electron chi connectivity index (χ2n) is 6.42. The summed E-state index contributed by atoms with van der Waals surface area (Å²) < 4.78 is 41.4. The molecule has 3 rings (SSSR count). The Hall–Kier alpha value is -1.47. The van der Waals surface area contributed by atoms with Gasteiger partial charge in [-0.05, 0) is 43.7 Å². The van der Waals surface area contributed by atoms with E-state index >= 15 is 0 Å². The molecule has 0 bridgehead atoms. The number of carboxylic acids is 1. The summed E-state index contributed by atoms with van der Waals surface area (Å²) in [6.07, 6.45) is 3.64. The molecule has 1 aliphatic heterocycles. The van der Waals surface area contributed by atoms with Crippen LogP contribution in [0.2, 0.25) is 0 Å². The monoisotopic (exact) mass is 341 g/mol. The van der Waals surface area contributed by atoms with Crippen molar-refractivity contribution in [2.24, 2.45) is 5.92 Å². The van der Waals surface area contributed by atoms with Gasteiger partial charge >= 0.3 is 5.97 Å². The van der Waals surface area contributed by atoms with Crippen LogP contribution in [0, 0.1) is 18.7 Å². The van der Waals surface area contributed by atoms with Crippen LogP contribution in [0.25, 0.3) is 0 Å². The Balaban J connectivity index is 2.11. The average Bonchev–Trinajstić information content (AvgIpc) is 2.87. The van der Waals surface area contributed by atoms with Crippen LogP contribution >= 0.6 is 0 Å². The Labute approximate surface area is 135 Å². The van der Waals surface area contributed by atoms with Gasteiger partial charge in [0.2, 0.25) is 10.0 Å². The maximum absolute atomic E-state index is 14.2. The van der Waals surface area contributed by atoms with Gasteiger partial charge in [0.05, 0.1) is 0 Å². The fraction of sp³-hybridized carbons (Fsp3) is 0.562. The standard InChI is InChI=1S/C16H20FNO4S/c1-10-5-4-7-12(17)15(10)23(21,22)18-13-8-3-2-6-11(13)9-14(18)16(19)20/h4-5,7,11,13-14H,2-3,6,8-9H2,1H3,(H,19,20). The summed E-state index contributed by atoms with van der Waals surface area (Å²) in [7, 11) is -4.19. The van der Waals surface area contributed by atoms with Crippen molar-refractivity contribution in [2.75, 3.05) is 0 Å². The van der Waals surface area contributed by atoms with Gasteiger partial charge < -0.3 is 5.11 Å². The van der Waals surface area contributed by atoms with Crippen LogP contribution in [0.1, 0.15) is 37.7 Å². The van der Waals surface area contributed by atoms with E-state index in [-0.39, 0.29) is 12.0 Å². The van der Waals surface area contributed by atoms with E-state index < -0.39 is 32.7 Å². The molecule has 126 valence electrons. The van der Waals surface area contributed by atoms with Crippen molar-refractivity contribution in [1.82, 2.24) is 4.31 Å². The van der Waals surface area contributed by atoms with E-state index in [1.807, 2.05) is 0 Å². The zero-order valence-corrected chi connectivity index (χ0v) is 13.7. The molecule has 1 aromatic carbocycles. The summed E-state index contributed by atoms with van der Waals surface area (Å²) in [4.78, 5) is 11.2. The highest BCUT2D eigenvalue weighted by molar-refractivity contribution is 7.89. The van der Waals surface area contributed by atoms with Crippen LogP contribution in [0.4, 0.5) is 4.39 Å². The maximum Gasteiger partial charge on any atom is 0.322 e. The number of aryl methyl sites for hydroxylation is 1. The molecule has 0 amide bonds. The molecule has 5 nitrogen and oxygen atoms in total. The number of hydrogen-bond acceptors (Lipinski definition) is 3. The third-order valence-electron chi connectivity index (χ3n) is 5.01. The molecule has 0 radical (unpaired) electrons. The van der Waals surface area contributed by atoms with Crippen LogP contribution in [-0.2, 0) is 14.8 Å². The molecule has 1 N–H and O–H groups in total. The molecular formula is C16H20FNO4S. The van der Waals surface area contributed by atoms with Gasteiger partial charge in [0, 0.05) is 6.04 Å². The number of fused-ring (bicyclic) bond motifs is 1. The van der Waals surface area contributed by atoms with Gasteiger partial charge in [-0.1, -0.05) is 25.0 Å². The van der Waals surface area contributed by atoms with Gasteiger partial charge in [0.25, 0.3) is 0 Å². The number of carbonyl (C=O) groups is 1. The molecule has 1 heterocycles. The zero-order chi connectivity index (χ0) is 16.8. The predicted molar refractivity (Wildman–Crippen MR) is 81.9 cm³/mol. The van der Waals surface area contributed by atoms with Gasteiger partial charge in [-0.3, -0.25) is 4.79 Å². The highest BCUT2D eigenvalue weighted by Crippen LogP contribution is 2.43. The Bertz CT molecular complexity index is 713. The van der Waals surface area contributed by atoms with Crippen LogP contribution in [0.3, 0.4) is 0 Å². The SMILES string of the molecule is Cc1cccc(F)c1S(=O)(=O)N1C(C(=O)O)CC2CCCCC21. The molecule has 7 heteroatoms. The molecule has 3 unspecified atom stereocenters.